The zero-order valence-electron chi connectivity index (χ0n) is 7.42. The van der Waals surface area contributed by atoms with E-state index in [2.05, 4.69) is 5.16 Å². The molecule has 0 heterocycles. The lowest BCUT2D eigenvalue weighted by molar-refractivity contribution is 0.310. The first-order chi connectivity index (χ1) is 4.88. The first-order valence-electron chi connectivity index (χ1n) is 3.39. The summed E-state index contributed by atoms with van der Waals surface area (Å²) < 4.78 is 10.8. The lowest BCUT2D eigenvalue weighted by Gasteiger charge is -2.18. The lowest BCUT2D eigenvalue weighted by Crippen LogP contribution is -2.25. The van der Waals surface area contributed by atoms with Crippen molar-refractivity contribution in [3.8, 4) is 0 Å². The van der Waals surface area contributed by atoms with E-state index in [1.165, 1.54) is 0 Å². The highest BCUT2D eigenvalue weighted by Gasteiger charge is 2.20. The van der Waals surface area contributed by atoms with E-state index in [4.69, 9.17) is 5.21 Å². The van der Waals surface area contributed by atoms with Crippen molar-refractivity contribution < 1.29 is 9.42 Å². The molecule has 0 aromatic rings. The van der Waals surface area contributed by atoms with Crippen molar-refractivity contribution >= 4 is 16.5 Å². The van der Waals surface area contributed by atoms with Crippen molar-refractivity contribution in [3.63, 3.8) is 0 Å². The Balaban J connectivity index is 4.33. The standard InChI is InChI=1S/C7H15NO2S/c1-7(2,3)6(8-9)5-11(4)10/h9H,5H2,1-4H3/b8-6-. The molecule has 0 aliphatic heterocycles. The van der Waals surface area contributed by atoms with Gasteiger partial charge in [0.25, 0.3) is 0 Å². The summed E-state index contributed by atoms with van der Waals surface area (Å²) in [7, 11) is -0.933. The molecule has 1 N–H and O–H groups in total. The summed E-state index contributed by atoms with van der Waals surface area (Å²) in [6.07, 6.45) is 1.59. The lowest BCUT2D eigenvalue weighted by atomic mass is 9.91. The summed E-state index contributed by atoms with van der Waals surface area (Å²) in [5.41, 5.74) is 0.388. The number of hydrogen-bond acceptors (Lipinski definition) is 3. The molecule has 3 nitrogen and oxygen atoms in total. The van der Waals surface area contributed by atoms with Gasteiger partial charge >= 0.3 is 0 Å². The minimum absolute atomic E-state index is 0.194. The highest BCUT2D eigenvalue weighted by molar-refractivity contribution is 7.85. The molecule has 4 heteroatoms. The Morgan fingerprint density at radius 2 is 2.00 bits per heavy atom. The summed E-state index contributed by atoms with van der Waals surface area (Å²) in [5.74, 6) is 0.347. The van der Waals surface area contributed by atoms with Gasteiger partial charge in [-0.05, 0) is 0 Å². The summed E-state index contributed by atoms with van der Waals surface area (Å²) in [5, 5.41) is 11.7. The average Bonchev–Trinajstić information content (AvgIpc) is 1.79. The van der Waals surface area contributed by atoms with E-state index >= 15 is 0 Å². The van der Waals surface area contributed by atoms with Gasteiger partial charge in [-0.15, -0.1) is 0 Å². The second-order valence-electron chi connectivity index (χ2n) is 3.51. The number of oxime groups is 1. The maximum Gasteiger partial charge on any atom is 0.0748 e. The minimum Gasteiger partial charge on any atom is -0.411 e. The van der Waals surface area contributed by atoms with E-state index in [1.807, 2.05) is 20.8 Å². The topological polar surface area (TPSA) is 49.7 Å². The van der Waals surface area contributed by atoms with Crippen molar-refractivity contribution in [1.29, 1.82) is 0 Å². The molecule has 1 unspecified atom stereocenters. The van der Waals surface area contributed by atoms with Crippen LogP contribution in [0.15, 0.2) is 5.16 Å². The molecule has 0 bridgehead atoms. The van der Waals surface area contributed by atoms with Crippen molar-refractivity contribution in [1.82, 2.24) is 0 Å². The van der Waals surface area contributed by atoms with Gasteiger partial charge < -0.3 is 5.21 Å². The summed E-state index contributed by atoms with van der Waals surface area (Å²) in [6, 6.07) is 0. The molecule has 0 fully saturated rings. The van der Waals surface area contributed by atoms with Crippen molar-refractivity contribution in [3.05, 3.63) is 0 Å². The van der Waals surface area contributed by atoms with Gasteiger partial charge in [0.05, 0.1) is 11.5 Å². The largest absolute Gasteiger partial charge is 0.411 e. The Labute approximate surface area is 69.9 Å². The fourth-order valence-electron chi connectivity index (χ4n) is 0.588. The zero-order valence-corrected chi connectivity index (χ0v) is 8.23. The Morgan fingerprint density at radius 3 is 2.09 bits per heavy atom. The first kappa shape index (κ1) is 10.6. The smallest absolute Gasteiger partial charge is 0.0748 e. The number of rotatable bonds is 2. The van der Waals surface area contributed by atoms with E-state index in [0.717, 1.165) is 0 Å². The second kappa shape index (κ2) is 3.85. The van der Waals surface area contributed by atoms with Crippen LogP contribution in [0.25, 0.3) is 0 Å². The maximum absolute atomic E-state index is 10.8. The number of hydrogen-bond donors (Lipinski definition) is 1. The van der Waals surface area contributed by atoms with Crippen LogP contribution >= 0.6 is 0 Å². The van der Waals surface area contributed by atoms with Gasteiger partial charge in [-0.2, -0.15) is 0 Å². The normalized spacial score (nSPS) is 16.5. The molecule has 1 atom stereocenters. The van der Waals surface area contributed by atoms with Crippen LogP contribution in [0.4, 0.5) is 0 Å². The van der Waals surface area contributed by atoms with E-state index in [0.29, 0.717) is 11.5 Å². The third-order valence-corrected chi connectivity index (χ3v) is 2.01. The van der Waals surface area contributed by atoms with Crippen LogP contribution in [-0.2, 0) is 10.8 Å². The molecule has 11 heavy (non-hydrogen) atoms. The van der Waals surface area contributed by atoms with E-state index in [-0.39, 0.29) is 5.41 Å². The first-order valence-corrected chi connectivity index (χ1v) is 5.12. The second-order valence-corrected chi connectivity index (χ2v) is 4.95. The molecule has 0 aromatic carbocycles. The van der Waals surface area contributed by atoms with Gasteiger partial charge in [-0.1, -0.05) is 25.9 Å². The van der Waals surface area contributed by atoms with Gasteiger partial charge in [0.15, 0.2) is 0 Å². The quantitative estimate of drug-likeness (QED) is 0.392. The fourth-order valence-corrected chi connectivity index (χ4v) is 1.46. The SMILES string of the molecule is CS(=O)C/C(=N/O)C(C)(C)C. The molecule has 0 spiro atoms. The monoisotopic (exact) mass is 177 g/mol. The minimum atomic E-state index is -0.933. The van der Waals surface area contributed by atoms with E-state index in [9.17, 15) is 4.21 Å². The van der Waals surface area contributed by atoms with Gasteiger partial charge in [0, 0.05) is 22.5 Å². The van der Waals surface area contributed by atoms with Crippen molar-refractivity contribution in [2.75, 3.05) is 12.0 Å². The average molecular weight is 177 g/mol. The summed E-state index contributed by atoms with van der Waals surface area (Å²) in [6.45, 7) is 5.78. The van der Waals surface area contributed by atoms with Crippen LogP contribution in [0.1, 0.15) is 20.8 Å². The van der Waals surface area contributed by atoms with Crippen LogP contribution in [0.3, 0.4) is 0 Å². The fraction of sp³-hybridized carbons (Fsp3) is 0.857. The van der Waals surface area contributed by atoms with Gasteiger partial charge in [0.1, 0.15) is 0 Å². The van der Waals surface area contributed by atoms with Crippen LogP contribution in [-0.4, -0.2) is 27.1 Å². The number of nitrogens with zero attached hydrogens (tertiary/aromatic N) is 1. The predicted molar refractivity (Wildman–Crippen MR) is 47.6 cm³/mol. The van der Waals surface area contributed by atoms with Crippen LogP contribution < -0.4 is 0 Å². The molecule has 66 valence electrons. The van der Waals surface area contributed by atoms with Gasteiger partial charge in [0.2, 0.25) is 0 Å². The highest BCUT2D eigenvalue weighted by Crippen LogP contribution is 2.16. The molecule has 0 saturated heterocycles. The maximum atomic E-state index is 10.8. The Hall–Kier alpha value is -0.380. The molecular weight excluding hydrogens is 162 g/mol. The molecule has 0 amide bonds. The Kier molecular flexibility index (Phi) is 3.72. The van der Waals surface area contributed by atoms with Crippen molar-refractivity contribution in [2.45, 2.75) is 20.8 Å². The van der Waals surface area contributed by atoms with Gasteiger partial charge in [-0.25, -0.2) is 0 Å². The zero-order chi connectivity index (χ0) is 9.07. The van der Waals surface area contributed by atoms with Crippen LogP contribution in [0.5, 0.6) is 0 Å². The molecule has 0 aliphatic carbocycles. The van der Waals surface area contributed by atoms with E-state index < -0.39 is 10.8 Å². The van der Waals surface area contributed by atoms with Crippen LogP contribution in [0.2, 0.25) is 0 Å². The van der Waals surface area contributed by atoms with Gasteiger partial charge in [-0.3, -0.25) is 4.21 Å². The predicted octanol–water partition coefficient (Wildman–Crippen LogP) is 1.24. The molecule has 0 aliphatic rings. The molecule has 0 aromatic heterocycles. The highest BCUT2D eigenvalue weighted by atomic mass is 32.2. The van der Waals surface area contributed by atoms with Crippen molar-refractivity contribution in [2.24, 2.45) is 10.6 Å². The summed E-state index contributed by atoms with van der Waals surface area (Å²) in [4.78, 5) is 0. The third-order valence-electron chi connectivity index (χ3n) is 1.33. The molecule has 0 saturated carbocycles. The van der Waals surface area contributed by atoms with E-state index in [1.54, 1.807) is 6.26 Å². The van der Waals surface area contributed by atoms with Crippen LogP contribution in [0, 0.1) is 5.41 Å². The molecule has 0 radical (unpaired) electrons. The summed E-state index contributed by atoms with van der Waals surface area (Å²) >= 11 is 0. The Bertz CT molecular complexity index is 181. The third kappa shape index (κ3) is 4.14. The Morgan fingerprint density at radius 1 is 1.55 bits per heavy atom. The molecule has 0 rings (SSSR count). The molecular formula is C7H15NO2S.